The number of ether oxygens (including phenoxy) is 1. The van der Waals surface area contributed by atoms with E-state index >= 15 is 0 Å². The molecule has 1 aromatic heterocycles. The molecular weight excluding hydrogens is 354 g/mol. The van der Waals surface area contributed by atoms with E-state index in [-0.39, 0.29) is 17.8 Å². The Labute approximate surface area is 162 Å². The van der Waals surface area contributed by atoms with Gasteiger partial charge in [-0.05, 0) is 6.07 Å². The molecule has 1 fully saturated rings. The smallest absolute Gasteiger partial charge is 0.254 e. The number of amides is 1. The number of benzene rings is 2. The summed E-state index contributed by atoms with van der Waals surface area (Å²) in [5, 5.41) is 0. The normalized spacial score (nSPS) is 16.0. The van der Waals surface area contributed by atoms with Gasteiger partial charge in [-0.25, -0.2) is 9.97 Å². The zero-order chi connectivity index (χ0) is 19.3. The van der Waals surface area contributed by atoms with E-state index in [0.717, 1.165) is 0 Å². The van der Waals surface area contributed by atoms with Crippen LogP contribution in [0.4, 0.5) is 0 Å². The Morgan fingerprint density at radius 2 is 1.71 bits per heavy atom. The molecule has 0 radical (unpaired) electrons. The monoisotopic (exact) mass is 373 g/mol. The number of hydrogen-bond donors (Lipinski definition) is 0. The van der Waals surface area contributed by atoms with Gasteiger partial charge in [-0.1, -0.05) is 48.5 Å². The highest BCUT2D eigenvalue weighted by atomic mass is 16.5. The van der Waals surface area contributed by atoms with Crippen molar-refractivity contribution in [1.29, 1.82) is 0 Å². The van der Waals surface area contributed by atoms with Crippen LogP contribution in [0.25, 0.3) is 0 Å². The molecule has 0 aliphatic carbocycles. The van der Waals surface area contributed by atoms with Gasteiger partial charge in [0.05, 0.1) is 12.1 Å². The van der Waals surface area contributed by atoms with E-state index in [4.69, 9.17) is 4.74 Å². The van der Waals surface area contributed by atoms with Crippen LogP contribution in [-0.2, 0) is 0 Å². The number of rotatable bonds is 5. The lowest BCUT2D eigenvalue weighted by Crippen LogP contribution is -2.32. The first kappa shape index (κ1) is 17.9. The van der Waals surface area contributed by atoms with Gasteiger partial charge in [-0.15, -0.1) is 0 Å². The summed E-state index contributed by atoms with van der Waals surface area (Å²) in [7, 11) is 0. The minimum absolute atomic E-state index is 0.129. The third-order valence-corrected chi connectivity index (χ3v) is 4.71. The van der Waals surface area contributed by atoms with Gasteiger partial charge in [-0.2, -0.15) is 0 Å². The zero-order valence-corrected chi connectivity index (χ0v) is 15.2. The number of likely N-dealkylation sites (tertiary alicyclic amines) is 1. The lowest BCUT2D eigenvalue weighted by Gasteiger charge is -2.18. The topological polar surface area (TPSA) is 72.4 Å². The predicted molar refractivity (Wildman–Crippen MR) is 103 cm³/mol. The van der Waals surface area contributed by atoms with E-state index in [1.54, 1.807) is 53.6 Å². The van der Waals surface area contributed by atoms with Crippen LogP contribution in [-0.4, -0.2) is 45.8 Å². The van der Waals surface area contributed by atoms with Gasteiger partial charge in [0.15, 0.2) is 5.78 Å². The van der Waals surface area contributed by atoms with Crippen molar-refractivity contribution >= 4 is 11.7 Å². The summed E-state index contributed by atoms with van der Waals surface area (Å²) in [5.74, 6) is 0.181. The van der Waals surface area contributed by atoms with Crippen LogP contribution in [0, 0.1) is 0 Å². The number of carbonyl (C=O) groups excluding carboxylic acids is 2. The van der Waals surface area contributed by atoms with Crippen LogP contribution in [0.2, 0.25) is 0 Å². The summed E-state index contributed by atoms with van der Waals surface area (Å²) in [4.78, 5) is 35.6. The predicted octanol–water partition coefficient (Wildman–Crippen LogP) is 3.00. The van der Waals surface area contributed by atoms with Crippen molar-refractivity contribution in [3.05, 3.63) is 89.9 Å². The van der Waals surface area contributed by atoms with Gasteiger partial charge < -0.3 is 9.64 Å². The summed E-state index contributed by atoms with van der Waals surface area (Å²) in [6.45, 7) is 1.03. The maximum atomic E-state index is 13.1. The molecule has 6 heteroatoms. The molecule has 0 N–H and O–H groups in total. The lowest BCUT2D eigenvalue weighted by atomic mass is 9.97. The van der Waals surface area contributed by atoms with E-state index in [9.17, 15) is 9.59 Å². The molecular formula is C22H19N3O3. The first-order valence-electron chi connectivity index (χ1n) is 9.13. The van der Waals surface area contributed by atoms with E-state index in [0.29, 0.717) is 42.1 Å². The molecule has 2 aromatic carbocycles. The van der Waals surface area contributed by atoms with Crippen LogP contribution >= 0.6 is 0 Å². The van der Waals surface area contributed by atoms with Gasteiger partial charge in [0.2, 0.25) is 5.88 Å². The van der Waals surface area contributed by atoms with E-state index in [1.165, 1.54) is 6.33 Å². The second-order valence-corrected chi connectivity index (χ2v) is 6.57. The minimum Gasteiger partial charge on any atom is -0.472 e. The van der Waals surface area contributed by atoms with E-state index in [1.807, 2.05) is 18.2 Å². The SMILES string of the molecule is O=C(c1ccccc1)c1ccccc1C(=O)N1CC[C@H](Oc2ccncn2)C1. The Kier molecular flexibility index (Phi) is 5.10. The van der Waals surface area contributed by atoms with Crippen LogP contribution in [0.5, 0.6) is 5.88 Å². The van der Waals surface area contributed by atoms with Gasteiger partial charge >= 0.3 is 0 Å². The molecule has 0 bridgehead atoms. The van der Waals surface area contributed by atoms with Crippen molar-refractivity contribution in [2.24, 2.45) is 0 Å². The fourth-order valence-electron chi connectivity index (χ4n) is 3.31. The molecule has 0 spiro atoms. The molecule has 1 amide bonds. The summed E-state index contributed by atoms with van der Waals surface area (Å²) in [6.07, 6.45) is 3.63. The van der Waals surface area contributed by atoms with Gasteiger partial charge in [0.25, 0.3) is 5.91 Å². The van der Waals surface area contributed by atoms with Crippen molar-refractivity contribution in [1.82, 2.24) is 14.9 Å². The maximum absolute atomic E-state index is 13.1. The Bertz CT molecular complexity index is 977. The van der Waals surface area contributed by atoms with Crippen LogP contribution in [0.1, 0.15) is 32.7 Å². The Morgan fingerprint density at radius 1 is 0.964 bits per heavy atom. The molecule has 0 unspecified atom stereocenters. The number of ketones is 1. The summed E-state index contributed by atoms with van der Waals surface area (Å²) in [5.41, 5.74) is 1.40. The fraction of sp³-hybridized carbons (Fsp3) is 0.182. The number of hydrogen-bond acceptors (Lipinski definition) is 5. The molecule has 1 atom stereocenters. The Hall–Kier alpha value is -3.54. The summed E-state index contributed by atoms with van der Waals surface area (Å²) in [6, 6.07) is 17.6. The largest absolute Gasteiger partial charge is 0.472 e. The number of aromatic nitrogens is 2. The average Bonchev–Trinajstić information content (AvgIpc) is 3.22. The highest BCUT2D eigenvalue weighted by Gasteiger charge is 2.30. The van der Waals surface area contributed by atoms with Crippen molar-refractivity contribution in [2.45, 2.75) is 12.5 Å². The quantitative estimate of drug-likeness (QED) is 0.643. The second-order valence-electron chi connectivity index (χ2n) is 6.57. The second kappa shape index (κ2) is 8.00. The van der Waals surface area contributed by atoms with Crippen molar-refractivity contribution < 1.29 is 14.3 Å². The highest BCUT2D eigenvalue weighted by Crippen LogP contribution is 2.21. The summed E-state index contributed by atoms with van der Waals surface area (Å²) < 4.78 is 5.83. The molecule has 4 rings (SSSR count). The summed E-state index contributed by atoms with van der Waals surface area (Å²) >= 11 is 0. The van der Waals surface area contributed by atoms with Crippen molar-refractivity contribution in [3.8, 4) is 5.88 Å². The Balaban J connectivity index is 1.51. The van der Waals surface area contributed by atoms with Gasteiger partial charge in [0, 0.05) is 36.4 Å². The van der Waals surface area contributed by atoms with E-state index < -0.39 is 0 Å². The molecule has 140 valence electrons. The molecule has 28 heavy (non-hydrogen) atoms. The Morgan fingerprint density at radius 3 is 2.46 bits per heavy atom. The first-order valence-corrected chi connectivity index (χ1v) is 9.13. The molecule has 2 heterocycles. The van der Waals surface area contributed by atoms with Crippen LogP contribution in [0.15, 0.2) is 73.2 Å². The fourth-order valence-corrected chi connectivity index (χ4v) is 3.31. The minimum atomic E-state index is -0.159. The van der Waals surface area contributed by atoms with Crippen molar-refractivity contribution in [2.75, 3.05) is 13.1 Å². The standard InChI is InChI=1S/C22H19N3O3/c26-21(16-6-2-1-3-7-16)18-8-4-5-9-19(18)22(27)25-13-11-17(14-25)28-20-10-12-23-15-24-20/h1-10,12,15,17H,11,13-14H2/t17-/m0/s1. The maximum Gasteiger partial charge on any atom is 0.254 e. The lowest BCUT2D eigenvalue weighted by molar-refractivity contribution is 0.0767. The first-order chi connectivity index (χ1) is 13.7. The third-order valence-electron chi connectivity index (χ3n) is 4.71. The number of carbonyl (C=O) groups is 2. The van der Waals surface area contributed by atoms with Gasteiger partial charge in [0.1, 0.15) is 12.4 Å². The van der Waals surface area contributed by atoms with Crippen LogP contribution in [0.3, 0.4) is 0 Å². The molecule has 1 saturated heterocycles. The highest BCUT2D eigenvalue weighted by molar-refractivity contribution is 6.15. The number of nitrogens with zero attached hydrogens (tertiary/aromatic N) is 3. The molecule has 1 aliphatic rings. The van der Waals surface area contributed by atoms with Crippen LogP contribution < -0.4 is 4.74 Å². The third kappa shape index (κ3) is 3.76. The molecule has 6 nitrogen and oxygen atoms in total. The van der Waals surface area contributed by atoms with Crippen molar-refractivity contribution in [3.63, 3.8) is 0 Å². The van der Waals surface area contributed by atoms with Gasteiger partial charge in [-0.3, -0.25) is 9.59 Å². The molecule has 0 saturated carbocycles. The molecule has 1 aliphatic heterocycles. The zero-order valence-electron chi connectivity index (χ0n) is 15.2. The van der Waals surface area contributed by atoms with E-state index in [2.05, 4.69) is 9.97 Å². The average molecular weight is 373 g/mol. The molecule has 3 aromatic rings.